The number of hydrogen-bond acceptors (Lipinski definition) is 4. The zero-order valence-electron chi connectivity index (χ0n) is 9.24. The molecule has 0 aromatic heterocycles. The summed E-state index contributed by atoms with van der Waals surface area (Å²) in [7, 11) is -3.89. The number of nitro groups is 1. The molecule has 1 unspecified atom stereocenters. The van der Waals surface area contributed by atoms with Crippen LogP contribution in [0.1, 0.15) is 12.5 Å². The predicted octanol–water partition coefficient (Wildman–Crippen LogP) is 1.00. The van der Waals surface area contributed by atoms with Crippen LogP contribution in [-0.2, 0) is 16.4 Å². The largest absolute Gasteiger partial charge is 0.320 e. The molecular weight excluding hydrogens is 244 g/mol. The van der Waals surface area contributed by atoms with Crippen LogP contribution in [-0.4, -0.2) is 25.3 Å². The molecule has 0 saturated heterocycles. The Kier molecular flexibility index (Phi) is 2.78. The van der Waals surface area contributed by atoms with E-state index in [0.717, 1.165) is 9.87 Å². The molecule has 6 nitrogen and oxygen atoms in total. The van der Waals surface area contributed by atoms with Gasteiger partial charge < -0.3 is 0 Å². The molecule has 1 aliphatic rings. The third-order valence-electron chi connectivity index (χ3n) is 2.71. The first-order valence-electron chi connectivity index (χ1n) is 5.13. The minimum atomic E-state index is -3.89. The molecule has 1 aromatic carbocycles. The van der Waals surface area contributed by atoms with E-state index in [1.54, 1.807) is 19.1 Å². The minimum absolute atomic E-state index is 0.266. The molecule has 0 aliphatic carbocycles. The summed E-state index contributed by atoms with van der Waals surface area (Å²) in [4.78, 5) is 9.57. The van der Waals surface area contributed by atoms with E-state index in [1.165, 1.54) is 0 Å². The van der Waals surface area contributed by atoms with E-state index >= 15 is 0 Å². The molecule has 17 heavy (non-hydrogen) atoms. The van der Waals surface area contributed by atoms with E-state index in [2.05, 4.69) is 0 Å². The van der Waals surface area contributed by atoms with Crippen LogP contribution in [0, 0.1) is 10.1 Å². The summed E-state index contributed by atoms with van der Waals surface area (Å²) < 4.78 is 25.0. The lowest BCUT2D eigenvalue weighted by molar-refractivity contribution is -0.458. The molecule has 0 radical (unpaired) electrons. The Labute approximate surface area is 99.1 Å². The summed E-state index contributed by atoms with van der Waals surface area (Å²) in [5, 5.41) is 10.4. The van der Waals surface area contributed by atoms with Crippen LogP contribution in [0.2, 0.25) is 0 Å². The van der Waals surface area contributed by atoms with Gasteiger partial charge in [0.2, 0.25) is 0 Å². The SMILES string of the molecule is CC1Cc2ccccc2N1S(=O)(=O)C[N+](=O)[O-]. The van der Waals surface area contributed by atoms with Crippen molar-refractivity contribution in [3.8, 4) is 0 Å². The van der Waals surface area contributed by atoms with E-state index in [1.807, 2.05) is 12.1 Å². The van der Waals surface area contributed by atoms with Gasteiger partial charge in [-0.2, -0.15) is 8.42 Å². The minimum Gasteiger partial charge on any atom is -0.263 e. The molecular formula is C10H12N2O4S. The molecule has 1 aliphatic heterocycles. The van der Waals surface area contributed by atoms with Crippen LogP contribution in [0.15, 0.2) is 24.3 Å². The van der Waals surface area contributed by atoms with E-state index in [0.29, 0.717) is 12.1 Å². The number of anilines is 1. The molecule has 1 atom stereocenters. The van der Waals surface area contributed by atoms with Crippen LogP contribution in [0.4, 0.5) is 5.69 Å². The van der Waals surface area contributed by atoms with Gasteiger partial charge in [-0.05, 0) is 25.0 Å². The molecule has 0 saturated carbocycles. The second kappa shape index (κ2) is 3.99. The number of para-hydroxylation sites is 1. The lowest BCUT2D eigenvalue weighted by atomic mass is 10.1. The van der Waals surface area contributed by atoms with E-state index in [4.69, 9.17) is 0 Å². The average Bonchev–Trinajstić information content (AvgIpc) is 2.51. The number of fused-ring (bicyclic) bond motifs is 1. The maximum atomic E-state index is 11.9. The Morgan fingerprint density at radius 2 is 2.12 bits per heavy atom. The molecule has 1 heterocycles. The van der Waals surface area contributed by atoms with Gasteiger partial charge in [-0.1, -0.05) is 18.2 Å². The van der Waals surface area contributed by atoms with Gasteiger partial charge in [-0.3, -0.25) is 14.4 Å². The van der Waals surface area contributed by atoms with Gasteiger partial charge in [0.1, 0.15) is 0 Å². The lowest BCUT2D eigenvalue weighted by Crippen LogP contribution is -2.39. The van der Waals surface area contributed by atoms with Gasteiger partial charge in [0.25, 0.3) is 0 Å². The number of benzene rings is 1. The van der Waals surface area contributed by atoms with Crippen molar-refractivity contribution in [3.05, 3.63) is 39.9 Å². The summed E-state index contributed by atoms with van der Waals surface area (Å²) >= 11 is 0. The summed E-state index contributed by atoms with van der Waals surface area (Å²) in [6.07, 6.45) is 0.590. The highest BCUT2D eigenvalue weighted by atomic mass is 32.2. The lowest BCUT2D eigenvalue weighted by Gasteiger charge is -2.21. The second-order valence-corrected chi connectivity index (χ2v) is 5.87. The van der Waals surface area contributed by atoms with Crippen molar-refractivity contribution in [2.45, 2.75) is 19.4 Å². The van der Waals surface area contributed by atoms with E-state index in [-0.39, 0.29) is 6.04 Å². The Morgan fingerprint density at radius 3 is 2.76 bits per heavy atom. The van der Waals surface area contributed by atoms with Gasteiger partial charge in [-0.15, -0.1) is 0 Å². The van der Waals surface area contributed by atoms with E-state index < -0.39 is 20.8 Å². The normalized spacial score (nSPS) is 19.1. The van der Waals surface area contributed by atoms with Gasteiger partial charge >= 0.3 is 15.9 Å². The molecule has 0 amide bonds. The molecule has 0 spiro atoms. The summed E-state index contributed by atoms with van der Waals surface area (Å²) in [5.74, 6) is -1.06. The van der Waals surface area contributed by atoms with Crippen molar-refractivity contribution < 1.29 is 13.3 Å². The fraction of sp³-hybridized carbons (Fsp3) is 0.400. The molecule has 0 bridgehead atoms. The van der Waals surface area contributed by atoms with Crippen LogP contribution in [0.3, 0.4) is 0 Å². The molecule has 0 N–H and O–H groups in total. The topological polar surface area (TPSA) is 80.5 Å². The predicted molar refractivity (Wildman–Crippen MR) is 62.9 cm³/mol. The van der Waals surface area contributed by atoms with Crippen LogP contribution >= 0.6 is 0 Å². The quantitative estimate of drug-likeness (QED) is 0.597. The van der Waals surface area contributed by atoms with Crippen molar-refractivity contribution >= 4 is 15.7 Å². The third-order valence-corrected chi connectivity index (χ3v) is 4.41. The molecule has 1 aromatic rings. The van der Waals surface area contributed by atoms with Gasteiger partial charge in [0.15, 0.2) is 0 Å². The van der Waals surface area contributed by atoms with Crippen LogP contribution < -0.4 is 4.31 Å². The first-order valence-corrected chi connectivity index (χ1v) is 6.74. The van der Waals surface area contributed by atoms with Crippen molar-refractivity contribution in [3.63, 3.8) is 0 Å². The van der Waals surface area contributed by atoms with E-state index in [9.17, 15) is 18.5 Å². The van der Waals surface area contributed by atoms with Crippen LogP contribution in [0.25, 0.3) is 0 Å². The van der Waals surface area contributed by atoms with Gasteiger partial charge in [0.05, 0.1) is 5.69 Å². The fourth-order valence-corrected chi connectivity index (χ4v) is 3.65. The van der Waals surface area contributed by atoms with Gasteiger partial charge in [0, 0.05) is 11.0 Å². The Hall–Kier alpha value is -1.63. The highest BCUT2D eigenvalue weighted by Gasteiger charge is 2.37. The zero-order chi connectivity index (χ0) is 12.6. The van der Waals surface area contributed by atoms with Crippen molar-refractivity contribution in [2.75, 3.05) is 10.2 Å². The number of hydrogen-bond donors (Lipinski definition) is 0. The van der Waals surface area contributed by atoms with Crippen molar-refractivity contribution in [1.29, 1.82) is 0 Å². The van der Waals surface area contributed by atoms with Crippen molar-refractivity contribution in [1.82, 2.24) is 0 Å². The maximum Gasteiger partial charge on any atom is 0.320 e. The molecule has 92 valence electrons. The van der Waals surface area contributed by atoms with Crippen molar-refractivity contribution in [2.24, 2.45) is 0 Å². The number of rotatable bonds is 3. The number of nitrogens with zero attached hydrogens (tertiary/aromatic N) is 2. The monoisotopic (exact) mass is 256 g/mol. The fourth-order valence-electron chi connectivity index (χ4n) is 2.16. The van der Waals surface area contributed by atoms with Crippen LogP contribution in [0.5, 0.6) is 0 Å². The Bertz CT molecular complexity index is 555. The number of sulfonamides is 1. The Balaban J connectivity index is 2.43. The molecule has 0 fully saturated rings. The maximum absolute atomic E-state index is 11.9. The molecule has 7 heteroatoms. The summed E-state index contributed by atoms with van der Waals surface area (Å²) in [6, 6.07) is 6.81. The Morgan fingerprint density at radius 1 is 1.47 bits per heavy atom. The standard InChI is InChI=1S/C10H12N2O4S/c1-8-6-9-4-2-3-5-10(9)12(8)17(15,16)7-11(13)14/h2-5,8H,6-7H2,1H3. The third kappa shape index (κ3) is 2.10. The summed E-state index contributed by atoms with van der Waals surface area (Å²) in [5.41, 5.74) is 1.47. The first kappa shape index (κ1) is 11.8. The highest BCUT2D eigenvalue weighted by Crippen LogP contribution is 2.34. The average molecular weight is 256 g/mol. The first-order chi connectivity index (χ1) is 7.92. The highest BCUT2D eigenvalue weighted by molar-refractivity contribution is 7.92. The smallest absolute Gasteiger partial charge is 0.263 e. The van der Waals surface area contributed by atoms with Gasteiger partial charge in [-0.25, -0.2) is 0 Å². The zero-order valence-corrected chi connectivity index (χ0v) is 10.1. The molecule has 2 rings (SSSR count). The summed E-state index contributed by atoms with van der Waals surface area (Å²) in [6.45, 7) is 1.75. The second-order valence-electron chi connectivity index (χ2n) is 4.05.